The molecule has 35 heavy (non-hydrogen) atoms. The van der Waals surface area contributed by atoms with Crippen molar-refractivity contribution < 1.29 is 23.8 Å². The summed E-state index contributed by atoms with van der Waals surface area (Å²) in [6.45, 7) is 5.73. The van der Waals surface area contributed by atoms with E-state index in [0.29, 0.717) is 22.9 Å². The molecule has 0 saturated carbocycles. The Morgan fingerprint density at radius 3 is 2.17 bits per heavy atom. The third-order valence-electron chi connectivity index (χ3n) is 6.20. The van der Waals surface area contributed by atoms with Gasteiger partial charge < -0.3 is 18.8 Å². The van der Waals surface area contributed by atoms with Crippen molar-refractivity contribution >= 4 is 23.6 Å². The number of para-hydroxylation sites is 1. The maximum Gasteiger partial charge on any atom is 0.340 e. The highest BCUT2D eigenvalue weighted by Crippen LogP contribution is 2.39. The van der Waals surface area contributed by atoms with E-state index in [4.69, 9.17) is 14.2 Å². The number of ether oxygens (including phenoxy) is 3. The van der Waals surface area contributed by atoms with E-state index in [1.165, 1.54) is 19.1 Å². The quantitative estimate of drug-likeness (QED) is 0.374. The zero-order chi connectivity index (χ0) is 25.3. The van der Waals surface area contributed by atoms with Gasteiger partial charge in [0, 0.05) is 28.8 Å². The van der Waals surface area contributed by atoms with Gasteiger partial charge in [0.1, 0.15) is 0 Å². The molecule has 1 aromatic heterocycles. The maximum atomic E-state index is 13.7. The van der Waals surface area contributed by atoms with Crippen LogP contribution in [0.1, 0.15) is 23.9 Å². The average molecular weight is 473 g/mol. The molecule has 180 valence electrons. The van der Waals surface area contributed by atoms with Crippen LogP contribution in [0.5, 0.6) is 11.5 Å². The molecule has 2 aromatic carbocycles. The SMILES string of the molecule is COC(=O)C1=C(C)N(c2ccc(OC)c(OC)c2)C(=O)/C1=C\c1cc(C)n(-c2ccccc2)c1C. The number of rotatable bonds is 6. The molecular formula is C28H28N2O5. The zero-order valence-electron chi connectivity index (χ0n) is 20.7. The van der Waals surface area contributed by atoms with Gasteiger partial charge in [-0.25, -0.2) is 4.79 Å². The van der Waals surface area contributed by atoms with E-state index < -0.39 is 5.97 Å². The summed E-state index contributed by atoms with van der Waals surface area (Å²) in [4.78, 5) is 28.0. The van der Waals surface area contributed by atoms with Crippen molar-refractivity contribution in [2.24, 2.45) is 0 Å². The number of benzene rings is 2. The minimum atomic E-state index is -0.568. The van der Waals surface area contributed by atoms with Crippen LogP contribution in [0.25, 0.3) is 11.8 Å². The molecule has 3 aromatic rings. The first-order valence-corrected chi connectivity index (χ1v) is 11.1. The van der Waals surface area contributed by atoms with E-state index in [9.17, 15) is 9.59 Å². The molecule has 0 saturated heterocycles. The number of methoxy groups -OCH3 is 3. The first-order chi connectivity index (χ1) is 16.8. The average Bonchev–Trinajstić information content (AvgIpc) is 3.29. The fourth-order valence-electron chi connectivity index (χ4n) is 4.52. The van der Waals surface area contributed by atoms with E-state index in [1.54, 1.807) is 38.3 Å². The summed E-state index contributed by atoms with van der Waals surface area (Å²) in [5.74, 6) is 0.137. The predicted octanol–water partition coefficient (Wildman–Crippen LogP) is 4.99. The van der Waals surface area contributed by atoms with Crippen molar-refractivity contribution in [2.45, 2.75) is 20.8 Å². The molecule has 7 nitrogen and oxygen atoms in total. The number of carbonyl (C=O) groups is 2. The van der Waals surface area contributed by atoms with Crippen molar-refractivity contribution in [3.8, 4) is 17.2 Å². The fourth-order valence-corrected chi connectivity index (χ4v) is 4.52. The number of hydrogen-bond acceptors (Lipinski definition) is 5. The van der Waals surface area contributed by atoms with Crippen LogP contribution >= 0.6 is 0 Å². The molecule has 1 aliphatic rings. The molecule has 1 aliphatic heterocycles. The molecule has 0 N–H and O–H groups in total. The monoisotopic (exact) mass is 472 g/mol. The smallest absolute Gasteiger partial charge is 0.340 e. The van der Waals surface area contributed by atoms with Crippen molar-refractivity contribution in [1.82, 2.24) is 4.57 Å². The zero-order valence-corrected chi connectivity index (χ0v) is 20.7. The van der Waals surface area contributed by atoms with Gasteiger partial charge in [0.15, 0.2) is 11.5 Å². The first-order valence-electron chi connectivity index (χ1n) is 11.1. The minimum absolute atomic E-state index is 0.233. The summed E-state index contributed by atoms with van der Waals surface area (Å²) in [6.07, 6.45) is 1.76. The topological polar surface area (TPSA) is 70.0 Å². The number of amides is 1. The van der Waals surface area contributed by atoms with Crippen LogP contribution in [0.3, 0.4) is 0 Å². The number of carbonyl (C=O) groups excluding carboxylic acids is 2. The molecule has 0 radical (unpaired) electrons. The Kier molecular flexibility index (Phi) is 6.51. The lowest BCUT2D eigenvalue weighted by Crippen LogP contribution is -2.24. The van der Waals surface area contributed by atoms with Crippen molar-refractivity contribution in [3.05, 3.63) is 88.4 Å². The fraction of sp³-hybridized carbons (Fsp3) is 0.214. The van der Waals surface area contributed by atoms with Gasteiger partial charge in [-0.15, -0.1) is 0 Å². The molecular weight excluding hydrogens is 444 g/mol. The second-order valence-corrected chi connectivity index (χ2v) is 8.19. The third kappa shape index (κ3) is 4.10. The summed E-state index contributed by atoms with van der Waals surface area (Å²) in [5, 5.41) is 0. The van der Waals surface area contributed by atoms with E-state index in [0.717, 1.165) is 22.6 Å². The van der Waals surface area contributed by atoms with Gasteiger partial charge in [-0.05, 0) is 62.7 Å². The predicted molar refractivity (Wildman–Crippen MR) is 135 cm³/mol. The summed E-state index contributed by atoms with van der Waals surface area (Å²) < 4.78 is 17.9. The molecule has 4 rings (SSSR count). The largest absolute Gasteiger partial charge is 0.493 e. The Labute approximate surface area is 204 Å². The second kappa shape index (κ2) is 9.54. The van der Waals surface area contributed by atoms with Gasteiger partial charge in [-0.2, -0.15) is 0 Å². The van der Waals surface area contributed by atoms with Gasteiger partial charge in [0.05, 0.1) is 38.2 Å². The molecule has 0 atom stereocenters. The van der Waals surface area contributed by atoms with Crippen molar-refractivity contribution in [3.63, 3.8) is 0 Å². The van der Waals surface area contributed by atoms with Crippen LogP contribution in [0.4, 0.5) is 5.69 Å². The lowest BCUT2D eigenvalue weighted by atomic mass is 10.0. The van der Waals surface area contributed by atoms with E-state index in [-0.39, 0.29) is 17.1 Å². The van der Waals surface area contributed by atoms with Gasteiger partial charge in [-0.1, -0.05) is 18.2 Å². The number of esters is 1. The number of nitrogens with zero attached hydrogens (tertiary/aromatic N) is 2. The molecule has 0 aliphatic carbocycles. The maximum absolute atomic E-state index is 13.7. The van der Waals surface area contributed by atoms with Crippen molar-refractivity contribution in [2.75, 3.05) is 26.2 Å². The Morgan fingerprint density at radius 2 is 1.54 bits per heavy atom. The lowest BCUT2D eigenvalue weighted by molar-refractivity contribution is -0.136. The molecule has 0 spiro atoms. The summed E-state index contributed by atoms with van der Waals surface area (Å²) in [6, 6.07) is 17.2. The highest BCUT2D eigenvalue weighted by atomic mass is 16.5. The lowest BCUT2D eigenvalue weighted by Gasteiger charge is -2.19. The Balaban J connectivity index is 1.84. The van der Waals surface area contributed by atoms with Crippen molar-refractivity contribution in [1.29, 1.82) is 0 Å². The number of allylic oxidation sites excluding steroid dienone is 1. The number of anilines is 1. The molecule has 0 bridgehead atoms. The highest BCUT2D eigenvalue weighted by Gasteiger charge is 2.38. The van der Waals surface area contributed by atoms with E-state index in [1.807, 2.05) is 50.2 Å². The first kappa shape index (κ1) is 23.9. The van der Waals surface area contributed by atoms with Crippen LogP contribution in [0, 0.1) is 13.8 Å². The summed E-state index contributed by atoms with van der Waals surface area (Å²) in [5.41, 5.74) is 5.40. The minimum Gasteiger partial charge on any atom is -0.493 e. The highest BCUT2D eigenvalue weighted by molar-refractivity contribution is 6.24. The molecule has 1 amide bonds. The number of aryl methyl sites for hydroxylation is 1. The van der Waals surface area contributed by atoms with E-state index >= 15 is 0 Å². The Morgan fingerprint density at radius 1 is 0.857 bits per heavy atom. The number of aromatic nitrogens is 1. The van der Waals surface area contributed by atoms with Crippen LogP contribution in [-0.4, -0.2) is 37.8 Å². The van der Waals surface area contributed by atoms with Gasteiger partial charge >= 0.3 is 5.97 Å². The second-order valence-electron chi connectivity index (χ2n) is 8.19. The Hall–Kier alpha value is -4.26. The molecule has 0 fully saturated rings. The van der Waals surface area contributed by atoms with Crippen LogP contribution in [0.15, 0.2) is 71.4 Å². The van der Waals surface area contributed by atoms with Gasteiger partial charge in [0.25, 0.3) is 5.91 Å². The van der Waals surface area contributed by atoms with Crippen LogP contribution < -0.4 is 14.4 Å². The summed E-state index contributed by atoms with van der Waals surface area (Å²) in [7, 11) is 4.39. The third-order valence-corrected chi connectivity index (χ3v) is 6.20. The van der Waals surface area contributed by atoms with Gasteiger partial charge in [-0.3, -0.25) is 9.69 Å². The van der Waals surface area contributed by atoms with E-state index in [2.05, 4.69) is 4.57 Å². The molecule has 2 heterocycles. The van der Waals surface area contributed by atoms with Gasteiger partial charge in [0.2, 0.25) is 0 Å². The standard InChI is InChI=1S/C28H28N2O5/c1-17-14-20(18(2)29(17)21-10-8-7-9-11-21)15-23-26(28(32)35-6)19(3)30(27(23)31)22-12-13-24(33-4)25(16-22)34-5/h7-16H,1-6H3/b23-15-. The van der Waals surface area contributed by atoms with Crippen LogP contribution in [-0.2, 0) is 14.3 Å². The normalized spacial score (nSPS) is 14.6. The molecule has 0 unspecified atom stereocenters. The van der Waals surface area contributed by atoms with Crippen LogP contribution in [0.2, 0.25) is 0 Å². The summed E-state index contributed by atoms with van der Waals surface area (Å²) >= 11 is 0. The Bertz CT molecular complexity index is 1370. The molecule has 7 heteroatoms. The number of hydrogen-bond donors (Lipinski definition) is 0.